The van der Waals surface area contributed by atoms with Gasteiger partial charge in [0.25, 0.3) is 0 Å². The molecular formula is C76H146O6. The molecule has 0 fully saturated rings. The number of unbranched alkanes of at least 4 members (excludes halogenated alkanes) is 58. The Labute approximate surface area is 513 Å². The zero-order chi connectivity index (χ0) is 59.2. The van der Waals surface area contributed by atoms with Gasteiger partial charge in [0.2, 0.25) is 0 Å². The van der Waals surface area contributed by atoms with Crippen LogP contribution in [0.3, 0.4) is 0 Å². The highest BCUT2D eigenvalue weighted by Crippen LogP contribution is 2.20. The van der Waals surface area contributed by atoms with Gasteiger partial charge in [0.05, 0.1) is 0 Å². The van der Waals surface area contributed by atoms with Crippen LogP contribution in [0.4, 0.5) is 0 Å². The lowest BCUT2D eigenvalue weighted by Crippen LogP contribution is -2.30. The van der Waals surface area contributed by atoms with Crippen molar-refractivity contribution >= 4 is 17.9 Å². The third kappa shape index (κ3) is 68.9. The van der Waals surface area contributed by atoms with Gasteiger partial charge in [0.15, 0.2) is 6.10 Å². The predicted octanol–water partition coefficient (Wildman–Crippen LogP) is 26.0. The number of rotatable bonds is 71. The maximum absolute atomic E-state index is 12.9. The van der Waals surface area contributed by atoms with Crippen LogP contribution in [0.2, 0.25) is 0 Å². The molecule has 0 amide bonds. The van der Waals surface area contributed by atoms with Crippen molar-refractivity contribution in [3.63, 3.8) is 0 Å². The van der Waals surface area contributed by atoms with Gasteiger partial charge in [0, 0.05) is 19.3 Å². The summed E-state index contributed by atoms with van der Waals surface area (Å²) in [7, 11) is 0. The Morgan fingerprint density at radius 3 is 0.659 bits per heavy atom. The third-order valence-electron chi connectivity index (χ3n) is 17.5. The van der Waals surface area contributed by atoms with Crippen molar-refractivity contribution in [2.75, 3.05) is 13.2 Å². The summed E-state index contributed by atoms with van der Waals surface area (Å²) in [5, 5.41) is 0. The standard InChI is InChI=1S/C76H146O6/c1-4-7-10-13-16-19-22-24-26-28-30-32-34-36-37-38-39-41-42-44-46-48-50-52-54-57-60-63-66-69-75(78)81-72-73(71-80-74(77)68-65-62-59-56-21-18-15-12-9-6-3)82-76(79)70-67-64-61-58-55-53-51-49-47-45-43-40-35-33-31-29-27-25-23-20-17-14-11-8-5-2/h12,15,73H,4-11,13-14,16-72H2,1-3H3/b15-12-. The van der Waals surface area contributed by atoms with Crippen molar-refractivity contribution in [3.8, 4) is 0 Å². The van der Waals surface area contributed by atoms with Crippen LogP contribution >= 0.6 is 0 Å². The largest absolute Gasteiger partial charge is 0.462 e. The predicted molar refractivity (Wildman–Crippen MR) is 358 cm³/mol. The molecule has 0 saturated carbocycles. The maximum atomic E-state index is 12.9. The van der Waals surface area contributed by atoms with Crippen molar-refractivity contribution in [2.45, 2.75) is 444 Å². The van der Waals surface area contributed by atoms with Gasteiger partial charge in [-0.2, -0.15) is 0 Å². The van der Waals surface area contributed by atoms with Crippen molar-refractivity contribution in [1.82, 2.24) is 0 Å². The first-order chi connectivity index (χ1) is 40.5. The number of esters is 3. The fourth-order valence-electron chi connectivity index (χ4n) is 11.9. The molecule has 0 aliphatic carbocycles. The summed E-state index contributed by atoms with van der Waals surface area (Å²) < 4.78 is 17.0. The van der Waals surface area contributed by atoms with Crippen LogP contribution in [0.25, 0.3) is 0 Å². The monoisotopic (exact) mass is 1160 g/mol. The van der Waals surface area contributed by atoms with E-state index in [9.17, 15) is 14.4 Å². The van der Waals surface area contributed by atoms with E-state index in [1.165, 1.54) is 327 Å². The normalized spacial score (nSPS) is 12.0. The molecule has 486 valence electrons. The molecule has 0 aromatic carbocycles. The molecule has 0 spiro atoms. The second-order valence-electron chi connectivity index (χ2n) is 25.9. The van der Waals surface area contributed by atoms with E-state index in [-0.39, 0.29) is 31.1 Å². The Morgan fingerprint density at radius 2 is 0.427 bits per heavy atom. The zero-order valence-corrected chi connectivity index (χ0v) is 56.1. The first-order valence-corrected chi connectivity index (χ1v) is 37.7. The summed E-state index contributed by atoms with van der Waals surface area (Å²) >= 11 is 0. The van der Waals surface area contributed by atoms with Gasteiger partial charge in [-0.25, -0.2) is 0 Å². The van der Waals surface area contributed by atoms with Gasteiger partial charge < -0.3 is 14.2 Å². The SMILES string of the molecule is CCC/C=C\CCCCCCCC(=O)OCC(COC(=O)CCCCCCCCCCCCCCCCCCCCCCCCCCCCCCC)OC(=O)CCCCCCCCCCCCCCCCCCCCCCCCCCC. The van der Waals surface area contributed by atoms with Gasteiger partial charge in [0.1, 0.15) is 13.2 Å². The molecule has 0 heterocycles. The molecule has 0 aromatic rings. The minimum absolute atomic E-state index is 0.0659. The highest BCUT2D eigenvalue weighted by molar-refractivity contribution is 5.71. The van der Waals surface area contributed by atoms with Gasteiger partial charge in [-0.1, -0.05) is 392 Å². The summed E-state index contributed by atoms with van der Waals surface area (Å²) in [4.78, 5) is 38.4. The number of carbonyl (C=O) groups excluding carboxylic acids is 3. The first kappa shape index (κ1) is 80.2. The van der Waals surface area contributed by atoms with Crippen molar-refractivity contribution < 1.29 is 28.6 Å². The summed E-state index contributed by atoms with van der Waals surface area (Å²) in [5.41, 5.74) is 0. The zero-order valence-electron chi connectivity index (χ0n) is 56.1. The maximum Gasteiger partial charge on any atom is 0.306 e. The quantitative estimate of drug-likeness (QED) is 0.0261. The summed E-state index contributed by atoms with van der Waals surface area (Å²) in [6.45, 7) is 6.67. The second-order valence-corrected chi connectivity index (χ2v) is 25.9. The van der Waals surface area contributed by atoms with Gasteiger partial charge in [-0.05, 0) is 38.5 Å². The van der Waals surface area contributed by atoms with Crippen LogP contribution in [-0.4, -0.2) is 37.2 Å². The minimum atomic E-state index is -0.770. The van der Waals surface area contributed by atoms with Crippen LogP contribution in [0.1, 0.15) is 438 Å². The topological polar surface area (TPSA) is 78.9 Å². The number of carbonyl (C=O) groups is 3. The molecule has 0 saturated heterocycles. The number of hydrogen-bond acceptors (Lipinski definition) is 6. The highest BCUT2D eigenvalue weighted by atomic mass is 16.6. The molecule has 82 heavy (non-hydrogen) atoms. The Balaban J connectivity index is 4.06. The smallest absolute Gasteiger partial charge is 0.306 e. The van der Waals surface area contributed by atoms with E-state index in [1.807, 2.05) is 0 Å². The fraction of sp³-hybridized carbons (Fsp3) is 0.934. The Kier molecular flexibility index (Phi) is 70.0. The van der Waals surface area contributed by atoms with Gasteiger partial charge >= 0.3 is 17.9 Å². The van der Waals surface area contributed by atoms with E-state index in [1.54, 1.807) is 0 Å². The molecule has 6 heteroatoms. The Hall–Kier alpha value is -1.85. The molecule has 0 aliphatic heterocycles. The molecule has 0 N–H and O–H groups in total. The number of allylic oxidation sites excluding steroid dienone is 2. The van der Waals surface area contributed by atoms with E-state index in [2.05, 4.69) is 32.9 Å². The van der Waals surface area contributed by atoms with Crippen LogP contribution in [0.5, 0.6) is 0 Å². The van der Waals surface area contributed by atoms with Crippen molar-refractivity contribution in [1.29, 1.82) is 0 Å². The van der Waals surface area contributed by atoms with E-state index in [4.69, 9.17) is 14.2 Å². The van der Waals surface area contributed by atoms with E-state index in [0.29, 0.717) is 19.3 Å². The highest BCUT2D eigenvalue weighted by Gasteiger charge is 2.20. The van der Waals surface area contributed by atoms with E-state index < -0.39 is 6.10 Å². The average molecular weight is 1160 g/mol. The fourth-order valence-corrected chi connectivity index (χ4v) is 11.9. The molecule has 0 bridgehead atoms. The van der Waals surface area contributed by atoms with Gasteiger partial charge in [-0.3, -0.25) is 14.4 Å². The lowest BCUT2D eigenvalue weighted by molar-refractivity contribution is -0.167. The van der Waals surface area contributed by atoms with Crippen LogP contribution in [0.15, 0.2) is 12.2 Å². The van der Waals surface area contributed by atoms with Crippen molar-refractivity contribution in [3.05, 3.63) is 12.2 Å². The van der Waals surface area contributed by atoms with E-state index >= 15 is 0 Å². The van der Waals surface area contributed by atoms with Crippen LogP contribution < -0.4 is 0 Å². The summed E-state index contributed by atoms with van der Waals surface area (Å²) in [5.74, 6) is -0.841. The van der Waals surface area contributed by atoms with Gasteiger partial charge in [-0.15, -0.1) is 0 Å². The van der Waals surface area contributed by atoms with E-state index in [0.717, 1.165) is 70.6 Å². The lowest BCUT2D eigenvalue weighted by Gasteiger charge is -2.18. The average Bonchev–Trinajstić information content (AvgIpc) is 3.48. The second kappa shape index (κ2) is 71.6. The molecular weight excluding hydrogens is 1010 g/mol. The number of ether oxygens (including phenoxy) is 3. The third-order valence-corrected chi connectivity index (χ3v) is 17.5. The molecule has 0 aliphatic rings. The number of hydrogen-bond donors (Lipinski definition) is 0. The molecule has 6 nitrogen and oxygen atoms in total. The first-order valence-electron chi connectivity index (χ1n) is 37.7. The van der Waals surface area contributed by atoms with Crippen LogP contribution in [-0.2, 0) is 28.6 Å². The minimum Gasteiger partial charge on any atom is -0.462 e. The molecule has 1 atom stereocenters. The molecule has 0 radical (unpaired) electrons. The molecule has 0 rings (SSSR count). The van der Waals surface area contributed by atoms with Crippen LogP contribution in [0, 0.1) is 0 Å². The van der Waals surface area contributed by atoms with Crippen molar-refractivity contribution in [2.24, 2.45) is 0 Å². The Morgan fingerprint density at radius 1 is 0.232 bits per heavy atom. The summed E-state index contributed by atoms with van der Waals surface area (Å²) in [6, 6.07) is 0. The molecule has 1 unspecified atom stereocenters. The summed E-state index contributed by atoms with van der Waals surface area (Å²) in [6.07, 6.45) is 87.2. The lowest BCUT2D eigenvalue weighted by atomic mass is 10.0. The Bertz CT molecular complexity index is 1280. The molecule has 0 aromatic heterocycles.